The molecule has 1 N–H and O–H groups in total. The third-order valence-electron chi connectivity index (χ3n) is 4.36. The van der Waals surface area contributed by atoms with Crippen molar-refractivity contribution >= 4 is 28.6 Å². The summed E-state index contributed by atoms with van der Waals surface area (Å²) in [5, 5.41) is 3.25. The number of aromatic nitrogens is 4. The van der Waals surface area contributed by atoms with Crippen molar-refractivity contribution in [1.82, 2.24) is 19.5 Å². The Bertz CT molecular complexity index is 1180. The zero-order valence-corrected chi connectivity index (χ0v) is 15.8. The predicted octanol–water partition coefficient (Wildman–Crippen LogP) is 3.96. The first-order valence-corrected chi connectivity index (χ1v) is 8.77. The van der Waals surface area contributed by atoms with Gasteiger partial charge in [-0.25, -0.2) is 19.7 Å². The van der Waals surface area contributed by atoms with E-state index in [1.54, 1.807) is 24.7 Å². The lowest BCUT2D eigenvalue weighted by molar-refractivity contribution is 0.0601. The Hall–Kier alpha value is -3.74. The second-order valence-corrected chi connectivity index (χ2v) is 6.51. The van der Waals surface area contributed by atoms with Crippen LogP contribution in [0.4, 0.5) is 11.6 Å². The fourth-order valence-corrected chi connectivity index (χ4v) is 3.08. The molecule has 0 bridgehead atoms. The molecule has 2 aromatic heterocycles. The molecule has 0 spiro atoms. The van der Waals surface area contributed by atoms with Crippen molar-refractivity contribution in [2.75, 3.05) is 12.4 Å². The summed E-state index contributed by atoms with van der Waals surface area (Å²) in [5.74, 6) is 0.173. The molecule has 0 unspecified atom stereocenters. The zero-order valence-electron chi connectivity index (χ0n) is 15.8. The standard InChI is InChI=1S/C21H19N5O2/c1-13-8-16(25-21-22-7-6-14(2)24-21)11-17(9-13)26-12-23-18-10-15(20(27)28-3)4-5-19(18)26/h4-12H,1-3H3,(H,22,24,25). The molecular formula is C21H19N5O2. The van der Waals surface area contributed by atoms with Gasteiger partial charge in [-0.2, -0.15) is 0 Å². The molecule has 7 heteroatoms. The Labute approximate surface area is 162 Å². The first kappa shape index (κ1) is 17.7. The Morgan fingerprint density at radius 1 is 1.07 bits per heavy atom. The third-order valence-corrected chi connectivity index (χ3v) is 4.36. The second kappa shape index (κ2) is 7.11. The highest BCUT2D eigenvalue weighted by molar-refractivity contribution is 5.93. The zero-order chi connectivity index (χ0) is 19.7. The van der Waals surface area contributed by atoms with Crippen LogP contribution in [0.25, 0.3) is 16.7 Å². The highest BCUT2D eigenvalue weighted by Gasteiger charge is 2.11. The van der Waals surface area contributed by atoms with Gasteiger partial charge in [0.15, 0.2) is 0 Å². The molecule has 4 rings (SSSR count). The first-order chi connectivity index (χ1) is 13.5. The maximum absolute atomic E-state index is 11.7. The van der Waals surface area contributed by atoms with Gasteiger partial charge in [0.25, 0.3) is 0 Å². The van der Waals surface area contributed by atoms with Crippen LogP contribution in [0.15, 0.2) is 55.0 Å². The number of nitrogens with zero attached hydrogens (tertiary/aromatic N) is 4. The monoisotopic (exact) mass is 373 g/mol. The predicted molar refractivity (Wildman–Crippen MR) is 107 cm³/mol. The SMILES string of the molecule is COC(=O)c1ccc2c(c1)ncn2-c1cc(C)cc(Nc2nccc(C)n2)c1. The number of esters is 1. The van der Waals surface area contributed by atoms with Crippen LogP contribution in [0.3, 0.4) is 0 Å². The quantitative estimate of drug-likeness (QED) is 0.545. The Morgan fingerprint density at radius 3 is 2.71 bits per heavy atom. The van der Waals surface area contributed by atoms with E-state index in [1.165, 1.54) is 7.11 Å². The number of anilines is 2. The van der Waals surface area contributed by atoms with Crippen molar-refractivity contribution < 1.29 is 9.53 Å². The number of ether oxygens (including phenoxy) is 1. The van der Waals surface area contributed by atoms with Gasteiger partial charge < -0.3 is 10.1 Å². The van der Waals surface area contributed by atoms with Gasteiger partial charge in [-0.1, -0.05) is 0 Å². The maximum atomic E-state index is 11.7. The number of methoxy groups -OCH3 is 1. The summed E-state index contributed by atoms with van der Waals surface area (Å²) in [7, 11) is 1.37. The summed E-state index contributed by atoms with van der Waals surface area (Å²) >= 11 is 0. The number of carbonyl (C=O) groups is 1. The van der Waals surface area contributed by atoms with Crippen LogP contribution in [0, 0.1) is 13.8 Å². The van der Waals surface area contributed by atoms with E-state index >= 15 is 0 Å². The Morgan fingerprint density at radius 2 is 1.93 bits per heavy atom. The van der Waals surface area contributed by atoms with Crippen molar-refractivity contribution in [3.63, 3.8) is 0 Å². The minimum absolute atomic E-state index is 0.378. The van der Waals surface area contributed by atoms with E-state index in [0.29, 0.717) is 11.5 Å². The van der Waals surface area contributed by atoms with Gasteiger partial charge in [-0.05, 0) is 61.9 Å². The topological polar surface area (TPSA) is 81.9 Å². The van der Waals surface area contributed by atoms with Gasteiger partial charge >= 0.3 is 5.97 Å². The molecule has 0 aliphatic rings. The molecule has 7 nitrogen and oxygen atoms in total. The largest absolute Gasteiger partial charge is 0.465 e. The molecule has 2 heterocycles. The van der Waals surface area contributed by atoms with Gasteiger partial charge in [0, 0.05) is 23.3 Å². The van der Waals surface area contributed by atoms with Crippen LogP contribution in [0.2, 0.25) is 0 Å². The van der Waals surface area contributed by atoms with Crippen LogP contribution in [0.1, 0.15) is 21.6 Å². The van der Waals surface area contributed by atoms with E-state index in [2.05, 4.69) is 26.3 Å². The number of hydrogen-bond acceptors (Lipinski definition) is 6. The molecule has 0 aliphatic carbocycles. The molecule has 28 heavy (non-hydrogen) atoms. The summed E-state index contributed by atoms with van der Waals surface area (Å²) in [6.07, 6.45) is 3.47. The summed E-state index contributed by atoms with van der Waals surface area (Å²) in [4.78, 5) is 24.8. The van der Waals surface area contributed by atoms with Crippen LogP contribution in [-0.4, -0.2) is 32.6 Å². The lowest BCUT2D eigenvalue weighted by Gasteiger charge is -2.11. The lowest BCUT2D eigenvalue weighted by Crippen LogP contribution is -2.01. The van der Waals surface area contributed by atoms with E-state index in [1.807, 2.05) is 42.7 Å². The fraction of sp³-hybridized carbons (Fsp3) is 0.143. The number of hydrogen-bond donors (Lipinski definition) is 1. The highest BCUT2D eigenvalue weighted by Crippen LogP contribution is 2.24. The van der Waals surface area contributed by atoms with Crippen LogP contribution >= 0.6 is 0 Å². The molecule has 0 saturated carbocycles. The van der Waals surface area contributed by atoms with E-state index < -0.39 is 0 Å². The number of carbonyl (C=O) groups excluding carboxylic acids is 1. The van der Waals surface area contributed by atoms with Gasteiger partial charge in [0.05, 0.1) is 23.7 Å². The molecule has 2 aromatic carbocycles. The van der Waals surface area contributed by atoms with Crippen LogP contribution in [-0.2, 0) is 4.74 Å². The summed E-state index contributed by atoms with van der Waals surface area (Å²) in [6, 6.07) is 13.3. The molecular weight excluding hydrogens is 354 g/mol. The van der Waals surface area contributed by atoms with Gasteiger partial charge in [-0.3, -0.25) is 4.57 Å². The average Bonchev–Trinajstić information content (AvgIpc) is 3.10. The molecule has 0 fully saturated rings. The molecule has 0 atom stereocenters. The van der Waals surface area contributed by atoms with E-state index in [9.17, 15) is 4.79 Å². The molecule has 0 aliphatic heterocycles. The normalized spacial score (nSPS) is 10.8. The van der Waals surface area contributed by atoms with Crippen LogP contribution < -0.4 is 5.32 Å². The third kappa shape index (κ3) is 3.42. The number of fused-ring (bicyclic) bond motifs is 1. The van der Waals surface area contributed by atoms with Crippen molar-refractivity contribution in [3.05, 3.63) is 71.8 Å². The number of benzene rings is 2. The molecule has 4 aromatic rings. The van der Waals surface area contributed by atoms with Gasteiger partial charge in [0.1, 0.15) is 6.33 Å². The van der Waals surface area contributed by atoms with E-state index in [0.717, 1.165) is 33.7 Å². The summed E-state index contributed by atoms with van der Waals surface area (Å²) in [6.45, 7) is 3.95. The van der Waals surface area contributed by atoms with Gasteiger partial charge in [0.2, 0.25) is 5.95 Å². The second-order valence-electron chi connectivity index (χ2n) is 6.51. The molecule has 140 valence electrons. The fourth-order valence-electron chi connectivity index (χ4n) is 3.08. The Kier molecular flexibility index (Phi) is 4.49. The number of rotatable bonds is 4. The molecule has 0 amide bonds. The molecule has 0 saturated heterocycles. The summed E-state index contributed by atoms with van der Waals surface area (Å²) in [5.41, 5.74) is 5.91. The minimum Gasteiger partial charge on any atom is -0.465 e. The van der Waals surface area contributed by atoms with E-state index in [-0.39, 0.29) is 5.97 Å². The smallest absolute Gasteiger partial charge is 0.337 e. The maximum Gasteiger partial charge on any atom is 0.337 e. The summed E-state index contributed by atoms with van der Waals surface area (Å²) < 4.78 is 6.76. The highest BCUT2D eigenvalue weighted by atomic mass is 16.5. The lowest BCUT2D eigenvalue weighted by atomic mass is 10.1. The average molecular weight is 373 g/mol. The van der Waals surface area contributed by atoms with Crippen molar-refractivity contribution in [2.45, 2.75) is 13.8 Å². The van der Waals surface area contributed by atoms with E-state index in [4.69, 9.17) is 4.74 Å². The first-order valence-electron chi connectivity index (χ1n) is 8.77. The Balaban J connectivity index is 1.73. The van der Waals surface area contributed by atoms with Crippen LogP contribution in [0.5, 0.6) is 0 Å². The van der Waals surface area contributed by atoms with Crippen molar-refractivity contribution in [2.24, 2.45) is 0 Å². The van der Waals surface area contributed by atoms with Crippen molar-refractivity contribution in [1.29, 1.82) is 0 Å². The molecule has 0 radical (unpaired) electrons. The number of nitrogens with one attached hydrogen (secondary N) is 1. The number of aryl methyl sites for hydroxylation is 2. The number of imidazole rings is 1. The van der Waals surface area contributed by atoms with Gasteiger partial charge in [-0.15, -0.1) is 0 Å². The minimum atomic E-state index is -0.378. The van der Waals surface area contributed by atoms with Crippen molar-refractivity contribution in [3.8, 4) is 5.69 Å².